The second-order valence-electron chi connectivity index (χ2n) is 4.72. The first-order valence-electron chi connectivity index (χ1n) is 6.78. The van der Waals surface area contributed by atoms with Gasteiger partial charge in [-0.2, -0.15) is 0 Å². The molecule has 2 unspecified atom stereocenters. The van der Waals surface area contributed by atoms with E-state index >= 15 is 0 Å². The monoisotopic (exact) mass is 328 g/mol. The smallest absolute Gasteiger partial charge is 0.137 e. The molecule has 114 valence electrons. The zero-order valence-corrected chi connectivity index (χ0v) is 13.5. The molecular weight excluding hydrogens is 311 g/mol. The molecule has 0 saturated heterocycles. The van der Waals surface area contributed by atoms with Gasteiger partial charge in [0.1, 0.15) is 11.9 Å². The third kappa shape index (κ3) is 3.98. The van der Waals surface area contributed by atoms with Gasteiger partial charge in [0.25, 0.3) is 0 Å². The van der Waals surface area contributed by atoms with E-state index in [9.17, 15) is 5.11 Å². The second kappa shape index (κ2) is 7.27. The number of halogens is 2. The van der Waals surface area contributed by atoms with Crippen LogP contribution in [-0.2, 0) is 11.3 Å². The first-order chi connectivity index (χ1) is 10.0. The Kier molecular flexibility index (Phi) is 5.65. The molecule has 2 aromatic rings. The van der Waals surface area contributed by atoms with Crippen LogP contribution >= 0.6 is 23.2 Å². The van der Waals surface area contributed by atoms with E-state index < -0.39 is 6.10 Å². The van der Waals surface area contributed by atoms with Gasteiger partial charge < -0.3 is 14.4 Å². The predicted octanol–water partition coefficient (Wildman–Crippen LogP) is 4.02. The lowest BCUT2D eigenvalue weighted by Crippen LogP contribution is -2.14. The topological polar surface area (TPSA) is 47.3 Å². The van der Waals surface area contributed by atoms with Crippen LogP contribution in [0.25, 0.3) is 0 Å². The maximum absolute atomic E-state index is 10.4. The van der Waals surface area contributed by atoms with Crippen molar-refractivity contribution in [2.45, 2.75) is 32.6 Å². The van der Waals surface area contributed by atoms with Gasteiger partial charge in [0.05, 0.1) is 12.6 Å². The molecule has 1 N–H and O–H groups in total. The normalized spacial score (nSPS) is 14.1. The molecule has 21 heavy (non-hydrogen) atoms. The fraction of sp³-hybridized carbons (Fsp3) is 0.400. The quantitative estimate of drug-likeness (QED) is 0.871. The van der Waals surface area contributed by atoms with Gasteiger partial charge in [-0.15, -0.1) is 0 Å². The van der Waals surface area contributed by atoms with E-state index in [1.807, 2.05) is 24.6 Å². The van der Waals surface area contributed by atoms with Crippen molar-refractivity contribution in [2.75, 3.05) is 6.61 Å². The number of aliphatic hydroxyl groups is 1. The van der Waals surface area contributed by atoms with E-state index in [0.717, 1.165) is 5.82 Å². The van der Waals surface area contributed by atoms with Crippen molar-refractivity contribution in [3.05, 3.63) is 52.0 Å². The minimum Gasteiger partial charge on any atom is -0.386 e. The van der Waals surface area contributed by atoms with Crippen LogP contribution in [0.5, 0.6) is 0 Å². The Balaban J connectivity index is 2.16. The number of benzene rings is 1. The lowest BCUT2D eigenvalue weighted by Gasteiger charge is -2.18. The van der Waals surface area contributed by atoms with Crippen molar-refractivity contribution in [3.8, 4) is 0 Å². The fourth-order valence-electron chi connectivity index (χ4n) is 2.21. The highest BCUT2D eigenvalue weighted by Gasteiger charge is 2.17. The Hall–Kier alpha value is -1.07. The van der Waals surface area contributed by atoms with E-state index in [1.54, 1.807) is 24.4 Å². The van der Waals surface area contributed by atoms with Crippen LogP contribution in [0.3, 0.4) is 0 Å². The summed E-state index contributed by atoms with van der Waals surface area (Å²) in [7, 11) is 0. The second-order valence-corrected chi connectivity index (χ2v) is 5.56. The molecule has 1 aromatic heterocycles. The summed E-state index contributed by atoms with van der Waals surface area (Å²) >= 11 is 12.0. The van der Waals surface area contributed by atoms with Crippen molar-refractivity contribution in [1.82, 2.24) is 9.55 Å². The maximum Gasteiger partial charge on any atom is 0.137 e. The van der Waals surface area contributed by atoms with Crippen molar-refractivity contribution < 1.29 is 9.84 Å². The van der Waals surface area contributed by atoms with E-state index in [4.69, 9.17) is 27.9 Å². The molecule has 0 radical (unpaired) electrons. The summed E-state index contributed by atoms with van der Waals surface area (Å²) in [6.07, 6.45) is 2.65. The third-order valence-corrected chi connectivity index (χ3v) is 3.78. The van der Waals surface area contributed by atoms with Crippen LogP contribution in [0.1, 0.15) is 37.4 Å². The van der Waals surface area contributed by atoms with Gasteiger partial charge in [-0.1, -0.05) is 29.3 Å². The summed E-state index contributed by atoms with van der Waals surface area (Å²) in [5.41, 5.74) is 0.643. The average Bonchev–Trinajstić information content (AvgIpc) is 2.87. The zero-order chi connectivity index (χ0) is 15.4. The van der Waals surface area contributed by atoms with Gasteiger partial charge in [0.2, 0.25) is 0 Å². The van der Waals surface area contributed by atoms with E-state index in [-0.39, 0.29) is 6.10 Å². The van der Waals surface area contributed by atoms with Crippen LogP contribution in [-0.4, -0.2) is 21.3 Å². The highest BCUT2D eigenvalue weighted by molar-refractivity contribution is 6.35. The molecule has 0 aliphatic rings. The Labute approximate surface area is 134 Å². The molecule has 2 atom stereocenters. The Bertz CT molecular complexity index is 601. The maximum atomic E-state index is 10.4. The molecule has 0 amide bonds. The molecule has 0 aliphatic heterocycles. The van der Waals surface area contributed by atoms with Gasteiger partial charge in [0.15, 0.2) is 0 Å². The molecule has 0 aliphatic carbocycles. The number of nitrogens with zero attached hydrogens (tertiary/aromatic N) is 2. The highest BCUT2D eigenvalue weighted by atomic mass is 35.5. The lowest BCUT2D eigenvalue weighted by atomic mass is 10.1. The van der Waals surface area contributed by atoms with Crippen LogP contribution in [0.4, 0.5) is 0 Å². The Morgan fingerprint density at radius 2 is 2.14 bits per heavy atom. The molecule has 4 nitrogen and oxygen atoms in total. The lowest BCUT2D eigenvalue weighted by molar-refractivity contribution is 0.0644. The number of hydrogen-bond donors (Lipinski definition) is 1. The molecule has 0 bridgehead atoms. The van der Waals surface area contributed by atoms with Gasteiger partial charge in [0, 0.05) is 34.6 Å². The fourth-order valence-corrected chi connectivity index (χ4v) is 2.75. The Morgan fingerprint density at radius 3 is 2.81 bits per heavy atom. The summed E-state index contributed by atoms with van der Waals surface area (Å²) < 4.78 is 7.42. The minimum atomic E-state index is -0.739. The van der Waals surface area contributed by atoms with Gasteiger partial charge in [-0.25, -0.2) is 4.98 Å². The number of hydrogen-bond acceptors (Lipinski definition) is 3. The van der Waals surface area contributed by atoms with Crippen molar-refractivity contribution >= 4 is 23.2 Å². The molecule has 0 spiro atoms. The summed E-state index contributed by atoms with van der Waals surface area (Å²) in [5.74, 6) is 0.779. The van der Waals surface area contributed by atoms with Crippen LogP contribution in [0, 0.1) is 0 Å². The number of aromatic nitrogens is 2. The van der Waals surface area contributed by atoms with Gasteiger partial charge >= 0.3 is 0 Å². The molecule has 0 saturated carbocycles. The number of imidazole rings is 1. The number of aliphatic hydroxyl groups excluding tert-OH is 1. The largest absolute Gasteiger partial charge is 0.386 e. The summed E-state index contributed by atoms with van der Waals surface area (Å²) in [5, 5.41) is 11.4. The van der Waals surface area contributed by atoms with Gasteiger partial charge in [-0.05, 0) is 26.0 Å². The molecule has 1 aromatic carbocycles. The van der Waals surface area contributed by atoms with Crippen molar-refractivity contribution in [1.29, 1.82) is 0 Å². The van der Waals surface area contributed by atoms with Crippen LogP contribution < -0.4 is 0 Å². The van der Waals surface area contributed by atoms with E-state index in [0.29, 0.717) is 28.8 Å². The number of rotatable bonds is 6. The number of ether oxygens (including phenoxy) is 1. The van der Waals surface area contributed by atoms with E-state index in [2.05, 4.69) is 4.98 Å². The first-order valence-corrected chi connectivity index (χ1v) is 7.54. The van der Waals surface area contributed by atoms with Crippen LogP contribution in [0.15, 0.2) is 30.6 Å². The van der Waals surface area contributed by atoms with E-state index in [1.165, 1.54) is 0 Å². The highest BCUT2D eigenvalue weighted by Crippen LogP contribution is 2.28. The SMILES string of the molecule is CCOC(C)c1nccn1CC(O)c1ccc(Cl)cc1Cl. The molecule has 1 heterocycles. The molecule has 2 rings (SSSR count). The van der Waals surface area contributed by atoms with Gasteiger partial charge in [-0.3, -0.25) is 0 Å². The van der Waals surface area contributed by atoms with Crippen LogP contribution in [0.2, 0.25) is 10.0 Å². The molecule has 0 fully saturated rings. The standard InChI is InChI=1S/C15H18Cl2N2O2/c1-3-21-10(2)15-18-6-7-19(15)9-14(20)12-5-4-11(16)8-13(12)17/h4-8,10,14,20H,3,9H2,1-2H3. The third-order valence-electron chi connectivity index (χ3n) is 3.22. The predicted molar refractivity (Wildman–Crippen MR) is 83.7 cm³/mol. The average molecular weight is 329 g/mol. The summed E-state index contributed by atoms with van der Waals surface area (Å²) in [6.45, 7) is 4.84. The zero-order valence-electron chi connectivity index (χ0n) is 12.0. The summed E-state index contributed by atoms with van der Waals surface area (Å²) in [6, 6.07) is 5.07. The van der Waals surface area contributed by atoms with Crippen molar-refractivity contribution in [2.24, 2.45) is 0 Å². The Morgan fingerprint density at radius 1 is 1.38 bits per heavy atom. The first kappa shape index (κ1) is 16.3. The molecular formula is C15H18Cl2N2O2. The van der Waals surface area contributed by atoms with Crippen molar-refractivity contribution in [3.63, 3.8) is 0 Å². The molecule has 6 heteroatoms. The minimum absolute atomic E-state index is 0.127. The summed E-state index contributed by atoms with van der Waals surface area (Å²) in [4.78, 5) is 4.29.